The van der Waals surface area contributed by atoms with Gasteiger partial charge in [0.15, 0.2) is 10.9 Å². The first-order chi connectivity index (χ1) is 17.7. The molecule has 37 heavy (non-hydrogen) atoms. The van der Waals surface area contributed by atoms with E-state index in [1.807, 2.05) is 13.0 Å². The molecule has 0 aliphatic carbocycles. The van der Waals surface area contributed by atoms with Crippen molar-refractivity contribution >= 4 is 55.7 Å². The van der Waals surface area contributed by atoms with E-state index in [1.54, 1.807) is 25.1 Å². The van der Waals surface area contributed by atoms with Gasteiger partial charge in [0.05, 0.1) is 27.9 Å². The first kappa shape index (κ1) is 24.9. The molecule has 1 N–H and O–H groups in total. The first-order valence-corrected chi connectivity index (χ1v) is 12.4. The van der Waals surface area contributed by atoms with Gasteiger partial charge in [0.2, 0.25) is 0 Å². The summed E-state index contributed by atoms with van der Waals surface area (Å²) >= 11 is 7.05. The van der Waals surface area contributed by atoms with E-state index in [0.29, 0.717) is 29.0 Å². The Kier molecular flexibility index (Phi) is 6.43. The standard InChI is InChI=1S/C27H19ClF2N2O4S/c1-3-36-19-10-15(7-8-17(19)28)24(33)21-23(14-6-4-5-13(2)9-14)32(26(35)25(21)34)27-31-22-18(30)11-16(29)12-20(22)37-27/h4-12,23,33H,3H2,1-2H3/b24-21+. The number of nitrogens with zero attached hydrogens (tertiary/aromatic N) is 2. The normalized spacial score (nSPS) is 17.1. The molecule has 1 aliphatic rings. The molecule has 1 atom stereocenters. The third-order valence-corrected chi connectivity index (χ3v) is 7.23. The van der Waals surface area contributed by atoms with Crippen LogP contribution in [-0.4, -0.2) is 28.4 Å². The Bertz CT molecular complexity index is 1620. The van der Waals surface area contributed by atoms with Crippen molar-refractivity contribution in [2.75, 3.05) is 11.5 Å². The number of hydrogen-bond acceptors (Lipinski definition) is 6. The van der Waals surface area contributed by atoms with Crippen molar-refractivity contribution in [1.82, 2.24) is 4.98 Å². The van der Waals surface area contributed by atoms with E-state index in [2.05, 4.69) is 4.98 Å². The molecule has 1 unspecified atom stereocenters. The van der Waals surface area contributed by atoms with Gasteiger partial charge in [-0.2, -0.15) is 0 Å². The minimum absolute atomic E-state index is 0.00160. The molecule has 1 saturated heterocycles. The van der Waals surface area contributed by atoms with Crippen molar-refractivity contribution in [3.63, 3.8) is 0 Å². The lowest BCUT2D eigenvalue weighted by molar-refractivity contribution is -0.132. The molecule has 1 fully saturated rings. The van der Waals surface area contributed by atoms with E-state index in [-0.39, 0.29) is 26.5 Å². The highest BCUT2D eigenvalue weighted by atomic mass is 35.5. The molecule has 4 aromatic rings. The third kappa shape index (κ3) is 4.34. The molecule has 188 valence electrons. The number of amides is 1. The van der Waals surface area contributed by atoms with Crippen LogP contribution in [0.4, 0.5) is 13.9 Å². The second kappa shape index (κ2) is 9.57. The number of aryl methyl sites for hydroxylation is 1. The number of aromatic nitrogens is 1. The van der Waals surface area contributed by atoms with Crippen LogP contribution in [0.1, 0.15) is 29.7 Å². The summed E-state index contributed by atoms with van der Waals surface area (Å²) in [6.07, 6.45) is 0. The number of anilines is 1. The summed E-state index contributed by atoms with van der Waals surface area (Å²) in [4.78, 5) is 32.1. The highest BCUT2D eigenvalue weighted by Crippen LogP contribution is 2.45. The predicted molar refractivity (Wildman–Crippen MR) is 138 cm³/mol. The fourth-order valence-electron chi connectivity index (χ4n) is 4.31. The van der Waals surface area contributed by atoms with Crippen LogP contribution in [0.25, 0.3) is 16.0 Å². The zero-order chi connectivity index (χ0) is 26.4. The second-order valence-corrected chi connectivity index (χ2v) is 9.81. The van der Waals surface area contributed by atoms with Crippen LogP contribution in [0, 0.1) is 18.6 Å². The molecule has 1 aromatic heterocycles. The zero-order valence-electron chi connectivity index (χ0n) is 19.6. The van der Waals surface area contributed by atoms with Crippen LogP contribution in [-0.2, 0) is 9.59 Å². The highest BCUT2D eigenvalue weighted by Gasteiger charge is 2.48. The number of Topliss-reactive ketones (excluding diaryl/α,β-unsaturated/α-hetero) is 1. The maximum absolute atomic E-state index is 14.4. The van der Waals surface area contributed by atoms with Crippen molar-refractivity contribution in [3.05, 3.63) is 93.5 Å². The van der Waals surface area contributed by atoms with Gasteiger partial charge in [0.25, 0.3) is 5.78 Å². The summed E-state index contributed by atoms with van der Waals surface area (Å²) in [7, 11) is 0. The van der Waals surface area contributed by atoms with Gasteiger partial charge >= 0.3 is 5.91 Å². The van der Waals surface area contributed by atoms with Crippen molar-refractivity contribution in [3.8, 4) is 5.75 Å². The average Bonchev–Trinajstić information content (AvgIpc) is 3.39. The molecular weight excluding hydrogens is 522 g/mol. The largest absolute Gasteiger partial charge is 0.507 e. The Hall–Kier alpha value is -3.82. The van der Waals surface area contributed by atoms with Gasteiger partial charge in [-0.25, -0.2) is 13.8 Å². The van der Waals surface area contributed by atoms with Gasteiger partial charge in [-0.15, -0.1) is 0 Å². The minimum Gasteiger partial charge on any atom is -0.507 e. The van der Waals surface area contributed by atoms with E-state index in [9.17, 15) is 23.5 Å². The summed E-state index contributed by atoms with van der Waals surface area (Å²) in [6.45, 7) is 3.95. The molecule has 1 aliphatic heterocycles. The Morgan fingerprint density at radius 1 is 1.16 bits per heavy atom. The molecule has 1 amide bonds. The maximum Gasteiger partial charge on any atom is 0.301 e. The number of ketones is 1. The van der Waals surface area contributed by atoms with Crippen LogP contribution in [0.15, 0.2) is 60.2 Å². The fourth-order valence-corrected chi connectivity index (χ4v) is 5.51. The lowest BCUT2D eigenvalue weighted by Gasteiger charge is -2.23. The van der Waals surface area contributed by atoms with Crippen LogP contribution in [0.3, 0.4) is 0 Å². The van der Waals surface area contributed by atoms with E-state index in [0.717, 1.165) is 27.9 Å². The van der Waals surface area contributed by atoms with Gasteiger partial charge < -0.3 is 9.84 Å². The number of aliphatic hydroxyl groups is 1. The highest BCUT2D eigenvalue weighted by molar-refractivity contribution is 7.22. The molecule has 0 radical (unpaired) electrons. The molecule has 2 heterocycles. The number of ether oxygens (including phenoxy) is 1. The number of fused-ring (bicyclic) bond motifs is 1. The number of aliphatic hydroxyl groups excluding tert-OH is 1. The van der Waals surface area contributed by atoms with Gasteiger partial charge in [-0.05, 0) is 43.7 Å². The number of hydrogen-bond donors (Lipinski definition) is 1. The quantitative estimate of drug-likeness (QED) is 0.176. The minimum atomic E-state index is -1.07. The maximum atomic E-state index is 14.4. The van der Waals surface area contributed by atoms with Crippen LogP contribution in [0.5, 0.6) is 5.75 Å². The summed E-state index contributed by atoms with van der Waals surface area (Å²) in [6, 6.07) is 12.4. The Morgan fingerprint density at radius 3 is 2.68 bits per heavy atom. The summed E-state index contributed by atoms with van der Waals surface area (Å²) in [5.74, 6) is -3.69. The number of halogens is 3. The zero-order valence-corrected chi connectivity index (χ0v) is 21.2. The number of carbonyl (C=O) groups excluding carboxylic acids is 2. The summed E-state index contributed by atoms with van der Waals surface area (Å²) < 4.78 is 33.9. The van der Waals surface area contributed by atoms with E-state index >= 15 is 0 Å². The van der Waals surface area contributed by atoms with E-state index in [4.69, 9.17) is 16.3 Å². The van der Waals surface area contributed by atoms with Gasteiger partial charge in [-0.1, -0.05) is 52.8 Å². The second-order valence-electron chi connectivity index (χ2n) is 8.39. The number of carbonyl (C=O) groups is 2. The van der Waals surface area contributed by atoms with Gasteiger partial charge in [-0.3, -0.25) is 14.5 Å². The Labute approximate surface area is 219 Å². The van der Waals surface area contributed by atoms with Crippen molar-refractivity contribution in [1.29, 1.82) is 0 Å². The molecule has 5 rings (SSSR count). The smallest absolute Gasteiger partial charge is 0.301 e. The van der Waals surface area contributed by atoms with Crippen LogP contribution < -0.4 is 9.64 Å². The predicted octanol–water partition coefficient (Wildman–Crippen LogP) is 6.56. The van der Waals surface area contributed by atoms with Gasteiger partial charge in [0, 0.05) is 11.6 Å². The number of rotatable bonds is 5. The molecular formula is C27H19ClF2N2O4S. The average molecular weight is 541 g/mol. The monoisotopic (exact) mass is 540 g/mol. The number of benzene rings is 3. The fraction of sp³-hybridized carbons (Fsp3) is 0.148. The van der Waals surface area contributed by atoms with E-state index in [1.165, 1.54) is 18.2 Å². The molecule has 0 saturated carbocycles. The van der Waals surface area contributed by atoms with Gasteiger partial charge in [0.1, 0.15) is 22.8 Å². The molecule has 0 spiro atoms. The van der Waals surface area contributed by atoms with Crippen molar-refractivity contribution in [2.45, 2.75) is 19.9 Å². The lowest BCUT2D eigenvalue weighted by Crippen LogP contribution is -2.29. The molecule has 0 bridgehead atoms. The van der Waals surface area contributed by atoms with Crippen LogP contribution in [0.2, 0.25) is 5.02 Å². The summed E-state index contributed by atoms with van der Waals surface area (Å²) in [5.41, 5.74) is 1.31. The lowest BCUT2D eigenvalue weighted by atomic mass is 9.94. The van der Waals surface area contributed by atoms with Crippen molar-refractivity contribution < 1.29 is 28.2 Å². The molecule has 6 nitrogen and oxygen atoms in total. The SMILES string of the molecule is CCOc1cc(/C(O)=C2\C(=O)C(=O)N(c3nc4c(F)cc(F)cc4s3)C2c2cccc(C)c2)ccc1Cl. The Balaban J connectivity index is 1.73. The number of thiazole rings is 1. The first-order valence-electron chi connectivity index (χ1n) is 11.3. The Morgan fingerprint density at radius 2 is 1.95 bits per heavy atom. The van der Waals surface area contributed by atoms with E-state index < -0.39 is 35.1 Å². The van der Waals surface area contributed by atoms with Crippen LogP contribution >= 0.6 is 22.9 Å². The molecule has 3 aromatic carbocycles. The van der Waals surface area contributed by atoms with Crippen molar-refractivity contribution in [2.24, 2.45) is 0 Å². The topological polar surface area (TPSA) is 79.7 Å². The summed E-state index contributed by atoms with van der Waals surface area (Å²) in [5, 5.41) is 11.6. The molecule has 10 heteroatoms. The third-order valence-electron chi connectivity index (χ3n) is 5.91.